The van der Waals surface area contributed by atoms with Crippen LogP contribution in [0.3, 0.4) is 0 Å². The fourth-order valence-electron chi connectivity index (χ4n) is 4.35. The second-order valence-electron chi connectivity index (χ2n) is 7.73. The summed E-state index contributed by atoms with van der Waals surface area (Å²) in [5.41, 5.74) is 3.69. The number of hydrogen-bond acceptors (Lipinski definition) is 2. The summed E-state index contributed by atoms with van der Waals surface area (Å²) < 4.78 is 16.1. The Bertz CT molecular complexity index is 1140. The van der Waals surface area contributed by atoms with Gasteiger partial charge in [0.2, 0.25) is 5.91 Å². The summed E-state index contributed by atoms with van der Waals surface area (Å²) in [5, 5.41) is 10.3. The predicted molar refractivity (Wildman–Crippen MR) is 116 cm³/mol. The first kappa shape index (κ1) is 20.6. The van der Waals surface area contributed by atoms with E-state index in [4.69, 9.17) is 0 Å². The van der Waals surface area contributed by atoms with Crippen molar-refractivity contribution in [2.24, 2.45) is 0 Å². The van der Waals surface area contributed by atoms with E-state index in [-0.39, 0.29) is 30.6 Å². The predicted octanol–water partition coefficient (Wildman–Crippen LogP) is 4.19. The molecule has 156 valence electrons. The smallest absolute Gasteiger partial charge is 0.307 e. The molecule has 0 fully saturated rings. The quantitative estimate of drug-likeness (QED) is 0.605. The molecule has 1 aliphatic rings. The lowest BCUT2D eigenvalue weighted by molar-refractivity contribution is -0.136. The Morgan fingerprint density at radius 3 is 2.73 bits per heavy atom. The van der Waals surface area contributed by atoms with E-state index in [1.807, 2.05) is 24.3 Å². The summed E-state index contributed by atoms with van der Waals surface area (Å²) in [5.74, 6) is -1.21. The molecule has 30 heavy (non-hydrogen) atoms. The molecule has 0 bridgehead atoms. The fourth-order valence-corrected chi connectivity index (χ4v) is 4.84. The Morgan fingerprint density at radius 1 is 1.23 bits per heavy atom. The number of carbonyl (C=O) groups excluding carboxylic acids is 1. The average Bonchev–Trinajstić information content (AvgIpc) is 3.02. The van der Waals surface area contributed by atoms with Crippen molar-refractivity contribution in [3.05, 3.63) is 69.6 Å². The van der Waals surface area contributed by atoms with Crippen molar-refractivity contribution in [1.29, 1.82) is 0 Å². The second kappa shape index (κ2) is 8.22. The van der Waals surface area contributed by atoms with Gasteiger partial charge in [0.05, 0.1) is 12.8 Å². The highest BCUT2D eigenvalue weighted by atomic mass is 79.9. The van der Waals surface area contributed by atoms with Gasteiger partial charge in [0.25, 0.3) is 0 Å². The zero-order valence-corrected chi connectivity index (χ0v) is 18.2. The van der Waals surface area contributed by atoms with Gasteiger partial charge in [0.15, 0.2) is 0 Å². The van der Waals surface area contributed by atoms with Gasteiger partial charge < -0.3 is 14.6 Å². The van der Waals surface area contributed by atoms with Crippen molar-refractivity contribution in [1.82, 2.24) is 9.47 Å². The number of aromatic nitrogens is 1. The first-order chi connectivity index (χ1) is 14.3. The molecular weight excluding hydrogens is 451 g/mol. The van der Waals surface area contributed by atoms with Crippen molar-refractivity contribution >= 4 is 38.7 Å². The number of amides is 1. The van der Waals surface area contributed by atoms with Gasteiger partial charge in [-0.15, -0.1) is 0 Å². The largest absolute Gasteiger partial charge is 0.481 e. The number of carboxylic acids is 1. The van der Waals surface area contributed by atoms with Gasteiger partial charge in [-0.05, 0) is 42.2 Å². The summed E-state index contributed by atoms with van der Waals surface area (Å²) in [7, 11) is 1.80. The topological polar surface area (TPSA) is 62.5 Å². The molecule has 0 saturated carbocycles. The van der Waals surface area contributed by atoms with Crippen LogP contribution >= 0.6 is 15.9 Å². The third kappa shape index (κ3) is 3.86. The SMILES string of the molecule is CN(C(=O)Cc1ccc(F)cc1Br)[C@@H]1CCc2c(CC(=O)O)c3ccccc3n2C1. The van der Waals surface area contributed by atoms with Crippen LogP contribution in [0.15, 0.2) is 46.9 Å². The van der Waals surface area contributed by atoms with E-state index in [0.717, 1.165) is 40.6 Å². The number of carboxylic acid groups (broad SMARTS) is 1. The molecule has 1 aliphatic heterocycles. The van der Waals surface area contributed by atoms with Crippen molar-refractivity contribution < 1.29 is 19.1 Å². The maximum atomic E-state index is 13.3. The number of rotatable bonds is 5. The Labute approximate surface area is 182 Å². The number of aliphatic carboxylic acids is 1. The molecule has 1 aromatic heterocycles. The summed E-state index contributed by atoms with van der Waals surface area (Å²) in [6, 6.07) is 12.2. The molecule has 2 aromatic carbocycles. The second-order valence-corrected chi connectivity index (χ2v) is 8.59. The minimum Gasteiger partial charge on any atom is -0.481 e. The van der Waals surface area contributed by atoms with Crippen LogP contribution in [0.2, 0.25) is 0 Å². The molecule has 7 heteroatoms. The van der Waals surface area contributed by atoms with Crippen LogP contribution in [0, 0.1) is 5.82 Å². The molecule has 2 heterocycles. The maximum absolute atomic E-state index is 13.3. The number of hydrogen-bond donors (Lipinski definition) is 1. The molecule has 1 amide bonds. The molecule has 4 rings (SSSR count). The number of carbonyl (C=O) groups is 2. The normalized spacial score (nSPS) is 15.8. The molecule has 0 unspecified atom stereocenters. The van der Waals surface area contributed by atoms with E-state index < -0.39 is 5.97 Å². The van der Waals surface area contributed by atoms with Crippen LogP contribution < -0.4 is 0 Å². The number of benzene rings is 2. The lowest BCUT2D eigenvalue weighted by atomic mass is 9.99. The average molecular weight is 473 g/mol. The minimum atomic E-state index is -0.839. The zero-order valence-electron chi connectivity index (χ0n) is 16.6. The molecule has 5 nitrogen and oxygen atoms in total. The minimum absolute atomic E-state index is 0.000870. The lowest BCUT2D eigenvalue weighted by Crippen LogP contribution is -2.43. The van der Waals surface area contributed by atoms with Gasteiger partial charge in [-0.1, -0.05) is 40.2 Å². The first-order valence-corrected chi connectivity index (χ1v) is 10.6. The first-order valence-electron chi connectivity index (χ1n) is 9.85. The fraction of sp³-hybridized carbons (Fsp3) is 0.304. The maximum Gasteiger partial charge on any atom is 0.307 e. The molecule has 0 spiro atoms. The third-order valence-corrected chi connectivity index (χ3v) is 6.67. The van der Waals surface area contributed by atoms with Gasteiger partial charge in [0, 0.05) is 40.7 Å². The highest BCUT2D eigenvalue weighted by molar-refractivity contribution is 9.10. The molecule has 1 N–H and O–H groups in total. The molecule has 1 atom stereocenters. The number of likely N-dealkylation sites (N-methyl/N-ethyl adjacent to an activating group) is 1. The van der Waals surface area contributed by atoms with E-state index in [0.29, 0.717) is 11.0 Å². The lowest BCUT2D eigenvalue weighted by Gasteiger charge is -2.33. The summed E-state index contributed by atoms with van der Waals surface area (Å²) in [6.45, 7) is 0.627. The molecule has 0 aliphatic carbocycles. The van der Waals surface area contributed by atoms with Gasteiger partial charge in [-0.25, -0.2) is 4.39 Å². The number of para-hydroxylation sites is 1. The Kier molecular flexibility index (Phi) is 5.64. The van der Waals surface area contributed by atoms with Crippen LogP contribution in [-0.2, 0) is 35.4 Å². The Balaban J connectivity index is 1.58. The number of fused-ring (bicyclic) bond motifs is 3. The van der Waals surface area contributed by atoms with E-state index in [2.05, 4.69) is 20.5 Å². The van der Waals surface area contributed by atoms with Crippen molar-refractivity contribution in [3.8, 4) is 0 Å². The Morgan fingerprint density at radius 2 is 2.00 bits per heavy atom. The van der Waals surface area contributed by atoms with Crippen LogP contribution in [0.25, 0.3) is 10.9 Å². The van der Waals surface area contributed by atoms with Gasteiger partial charge in [-0.2, -0.15) is 0 Å². The van der Waals surface area contributed by atoms with E-state index in [1.54, 1.807) is 18.0 Å². The van der Waals surface area contributed by atoms with Crippen molar-refractivity contribution in [2.75, 3.05) is 7.05 Å². The third-order valence-electron chi connectivity index (χ3n) is 5.93. The van der Waals surface area contributed by atoms with Crippen molar-refractivity contribution in [2.45, 2.75) is 38.3 Å². The van der Waals surface area contributed by atoms with Crippen LogP contribution in [0.4, 0.5) is 4.39 Å². The van der Waals surface area contributed by atoms with Crippen LogP contribution in [0.1, 0.15) is 23.2 Å². The van der Waals surface area contributed by atoms with Gasteiger partial charge in [-0.3, -0.25) is 9.59 Å². The zero-order chi connectivity index (χ0) is 21.4. The molecule has 0 radical (unpaired) electrons. The van der Waals surface area contributed by atoms with E-state index in [1.165, 1.54) is 12.1 Å². The van der Waals surface area contributed by atoms with Gasteiger partial charge >= 0.3 is 5.97 Å². The number of nitrogens with zero attached hydrogens (tertiary/aromatic N) is 2. The highest BCUT2D eigenvalue weighted by Crippen LogP contribution is 2.32. The van der Waals surface area contributed by atoms with E-state index >= 15 is 0 Å². The standard InChI is InChI=1S/C23H22BrFN2O3/c1-26(22(28)10-14-6-7-15(25)11-19(14)24)16-8-9-21-18(12-23(29)30)17-4-2-3-5-20(17)27(21)13-16/h2-7,11,16H,8-10,12-13H2,1H3,(H,29,30)/t16-/m1/s1. The molecule has 0 saturated heterocycles. The van der Waals surface area contributed by atoms with Crippen LogP contribution in [-0.4, -0.2) is 39.5 Å². The summed E-state index contributed by atoms with van der Waals surface area (Å²) >= 11 is 3.33. The van der Waals surface area contributed by atoms with Crippen LogP contribution in [0.5, 0.6) is 0 Å². The summed E-state index contributed by atoms with van der Waals surface area (Å²) in [6.07, 6.45) is 1.69. The van der Waals surface area contributed by atoms with Crippen molar-refractivity contribution in [3.63, 3.8) is 0 Å². The summed E-state index contributed by atoms with van der Waals surface area (Å²) in [4.78, 5) is 26.1. The monoisotopic (exact) mass is 472 g/mol. The molecule has 3 aromatic rings. The molecular formula is C23H22BrFN2O3. The number of halogens is 2. The van der Waals surface area contributed by atoms with Gasteiger partial charge in [0.1, 0.15) is 5.82 Å². The highest BCUT2D eigenvalue weighted by Gasteiger charge is 2.29. The van der Waals surface area contributed by atoms with E-state index in [9.17, 15) is 19.1 Å². The Hall–Kier alpha value is -2.67.